The molecule has 1 heterocycles. The summed E-state index contributed by atoms with van der Waals surface area (Å²) in [4.78, 5) is 14.7. The fourth-order valence-corrected chi connectivity index (χ4v) is 3.64. The number of carbonyl (C=O) groups excluding carboxylic acids is 1. The lowest BCUT2D eigenvalue weighted by molar-refractivity contribution is 0.0466. The molecule has 0 bridgehead atoms. The maximum Gasteiger partial charge on any atom is 0.338 e. The summed E-state index contributed by atoms with van der Waals surface area (Å²) in [6, 6.07) is 16.3. The number of hydrogen-bond donors (Lipinski definition) is 0. The Morgan fingerprint density at radius 1 is 1.04 bits per heavy atom. The first-order valence-electron chi connectivity index (χ1n) is 10.1. The molecule has 4 nitrogen and oxygen atoms in total. The van der Waals surface area contributed by atoms with Crippen LogP contribution >= 0.6 is 0 Å². The van der Waals surface area contributed by atoms with Gasteiger partial charge in [0.05, 0.1) is 5.56 Å². The second-order valence-electron chi connectivity index (χ2n) is 7.18. The van der Waals surface area contributed by atoms with Crippen molar-refractivity contribution in [3.05, 3.63) is 70.9 Å². The molecule has 0 unspecified atom stereocenters. The molecule has 1 aromatic heterocycles. The van der Waals surface area contributed by atoms with Crippen LogP contribution in [0.5, 0.6) is 0 Å². The topological polar surface area (TPSA) is 34.5 Å². The molecule has 0 atom stereocenters. The van der Waals surface area contributed by atoms with Crippen LogP contribution in [0.2, 0.25) is 0 Å². The lowest BCUT2D eigenvalue weighted by Crippen LogP contribution is -2.27. The number of esters is 1. The highest BCUT2D eigenvalue weighted by atomic mass is 16.5. The minimum absolute atomic E-state index is 0.248. The van der Waals surface area contributed by atoms with E-state index in [1.165, 1.54) is 16.8 Å². The first kappa shape index (κ1) is 20.2. The number of carbonyl (C=O) groups is 1. The molecule has 148 valence electrons. The zero-order valence-electron chi connectivity index (χ0n) is 17.4. The molecule has 0 amide bonds. The molecule has 0 saturated heterocycles. The zero-order valence-corrected chi connectivity index (χ0v) is 17.4. The average molecular weight is 379 g/mol. The van der Waals surface area contributed by atoms with Crippen molar-refractivity contribution in [3.8, 4) is 0 Å². The molecular formula is C24H30N2O2. The van der Waals surface area contributed by atoms with Gasteiger partial charge in [-0.1, -0.05) is 44.2 Å². The number of likely N-dealkylation sites (N-methyl/N-ethyl adjacent to an activating group) is 1. The summed E-state index contributed by atoms with van der Waals surface area (Å²) >= 11 is 0. The number of rotatable bonds is 8. The third kappa shape index (κ3) is 4.28. The van der Waals surface area contributed by atoms with Crippen LogP contribution in [0.3, 0.4) is 0 Å². The van der Waals surface area contributed by atoms with Crippen molar-refractivity contribution >= 4 is 16.9 Å². The summed E-state index contributed by atoms with van der Waals surface area (Å²) < 4.78 is 7.81. The highest BCUT2D eigenvalue weighted by molar-refractivity contribution is 5.96. The van der Waals surface area contributed by atoms with Gasteiger partial charge in [0.25, 0.3) is 0 Å². The molecule has 0 N–H and O–H groups in total. The smallest absolute Gasteiger partial charge is 0.338 e. The van der Waals surface area contributed by atoms with Gasteiger partial charge in [0, 0.05) is 29.7 Å². The molecule has 0 radical (unpaired) electrons. The summed E-state index contributed by atoms with van der Waals surface area (Å²) in [7, 11) is 0. The van der Waals surface area contributed by atoms with Crippen molar-refractivity contribution < 1.29 is 9.53 Å². The minimum atomic E-state index is -0.248. The van der Waals surface area contributed by atoms with E-state index in [-0.39, 0.29) is 5.97 Å². The standard InChI is InChI=1S/C24H30N2O2/c1-5-25(6-2)14-15-28-24(27)21-12-13-23-22(16-21)18(3)19(4)26(23)17-20-10-8-7-9-11-20/h7-13,16H,5-6,14-15,17H2,1-4H3. The van der Waals surface area contributed by atoms with Crippen LogP contribution in [0, 0.1) is 13.8 Å². The van der Waals surface area contributed by atoms with E-state index in [4.69, 9.17) is 4.74 Å². The zero-order chi connectivity index (χ0) is 20.1. The van der Waals surface area contributed by atoms with Crippen LogP contribution < -0.4 is 0 Å². The van der Waals surface area contributed by atoms with E-state index >= 15 is 0 Å². The number of aromatic nitrogens is 1. The number of ether oxygens (including phenoxy) is 1. The Hall–Kier alpha value is -2.59. The van der Waals surface area contributed by atoms with Gasteiger partial charge in [0.1, 0.15) is 6.61 Å². The molecule has 0 saturated carbocycles. The molecule has 0 fully saturated rings. The first-order valence-corrected chi connectivity index (χ1v) is 10.1. The van der Waals surface area contributed by atoms with Crippen LogP contribution in [0.4, 0.5) is 0 Å². The predicted octanol–water partition coefficient (Wildman–Crippen LogP) is 4.81. The van der Waals surface area contributed by atoms with Crippen molar-refractivity contribution in [2.75, 3.05) is 26.2 Å². The van der Waals surface area contributed by atoms with E-state index < -0.39 is 0 Å². The van der Waals surface area contributed by atoms with E-state index in [0.29, 0.717) is 12.2 Å². The maximum absolute atomic E-state index is 12.5. The quantitative estimate of drug-likeness (QED) is 0.528. The Kier molecular flexibility index (Phi) is 6.53. The summed E-state index contributed by atoms with van der Waals surface area (Å²) in [5, 5.41) is 1.12. The molecule has 2 aromatic carbocycles. The predicted molar refractivity (Wildman–Crippen MR) is 115 cm³/mol. The molecule has 0 aliphatic rings. The highest BCUT2D eigenvalue weighted by Gasteiger charge is 2.15. The number of aryl methyl sites for hydroxylation is 1. The molecule has 28 heavy (non-hydrogen) atoms. The lowest BCUT2D eigenvalue weighted by atomic mass is 10.1. The van der Waals surface area contributed by atoms with Crippen molar-refractivity contribution in [2.45, 2.75) is 34.2 Å². The largest absolute Gasteiger partial charge is 0.461 e. The Labute approximate surface area is 167 Å². The minimum Gasteiger partial charge on any atom is -0.461 e. The van der Waals surface area contributed by atoms with Gasteiger partial charge in [0.2, 0.25) is 0 Å². The van der Waals surface area contributed by atoms with Crippen molar-refractivity contribution in [3.63, 3.8) is 0 Å². The number of fused-ring (bicyclic) bond motifs is 1. The van der Waals surface area contributed by atoms with Crippen molar-refractivity contribution in [2.24, 2.45) is 0 Å². The number of nitrogens with zero attached hydrogens (tertiary/aromatic N) is 2. The van der Waals surface area contributed by atoms with Crippen LogP contribution in [-0.4, -0.2) is 41.7 Å². The molecule has 4 heteroatoms. The molecule has 0 spiro atoms. The third-order valence-corrected chi connectivity index (χ3v) is 5.59. The average Bonchev–Trinajstić information content (AvgIpc) is 2.96. The van der Waals surface area contributed by atoms with Crippen molar-refractivity contribution in [1.82, 2.24) is 9.47 Å². The molecular weight excluding hydrogens is 348 g/mol. The summed E-state index contributed by atoms with van der Waals surface area (Å²) in [6.07, 6.45) is 0. The Balaban J connectivity index is 1.80. The molecule has 0 aliphatic heterocycles. The molecule has 0 aliphatic carbocycles. The molecule has 3 aromatic rings. The van der Waals surface area contributed by atoms with Crippen LogP contribution in [0.25, 0.3) is 10.9 Å². The second kappa shape index (κ2) is 9.07. The van der Waals surface area contributed by atoms with Gasteiger partial charge < -0.3 is 14.2 Å². The highest BCUT2D eigenvalue weighted by Crippen LogP contribution is 2.27. The molecule has 3 rings (SSSR count). The third-order valence-electron chi connectivity index (χ3n) is 5.59. The van der Waals surface area contributed by atoms with Crippen LogP contribution in [0.1, 0.15) is 41.0 Å². The second-order valence-corrected chi connectivity index (χ2v) is 7.18. The van der Waals surface area contributed by atoms with Crippen molar-refractivity contribution in [1.29, 1.82) is 0 Å². The summed E-state index contributed by atoms with van der Waals surface area (Å²) in [6.45, 7) is 12.4. The van der Waals surface area contributed by atoms with Crippen LogP contribution in [0.15, 0.2) is 48.5 Å². The fourth-order valence-electron chi connectivity index (χ4n) is 3.64. The summed E-state index contributed by atoms with van der Waals surface area (Å²) in [5.41, 5.74) is 5.47. The van der Waals surface area contributed by atoms with Gasteiger partial charge in [0.15, 0.2) is 0 Å². The van der Waals surface area contributed by atoms with Crippen LogP contribution in [-0.2, 0) is 11.3 Å². The van der Waals surface area contributed by atoms with Gasteiger partial charge in [-0.25, -0.2) is 4.79 Å². The van der Waals surface area contributed by atoms with Gasteiger partial charge in [-0.15, -0.1) is 0 Å². The Morgan fingerprint density at radius 2 is 1.75 bits per heavy atom. The van der Waals surface area contributed by atoms with E-state index in [9.17, 15) is 4.79 Å². The van der Waals surface area contributed by atoms with Gasteiger partial charge in [-0.05, 0) is 56.3 Å². The Morgan fingerprint density at radius 3 is 2.43 bits per heavy atom. The van der Waals surface area contributed by atoms with Gasteiger partial charge in [-0.2, -0.15) is 0 Å². The van der Waals surface area contributed by atoms with E-state index in [0.717, 1.165) is 37.1 Å². The van der Waals surface area contributed by atoms with Gasteiger partial charge in [-0.3, -0.25) is 0 Å². The first-order chi connectivity index (χ1) is 13.5. The Bertz CT molecular complexity index is 940. The fraction of sp³-hybridized carbons (Fsp3) is 0.375. The normalized spacial score (nSPS) is 11.3. The van der Waals surface area contributed by atoms with Gasteiger partial charge >= 0.3 is 5.97 Å². The van der Waals surface area contributed by atoms with E-state index in [2.05, 4.69) is 61.4 Å². The maximum atomic E-state index is 12.5. The monoisotopic (exact) mass is 378 g/mol. The lowest BCUT2D eigenvalue weighted by Gasteiger charge is -2.17. The number of hydrogen-bond acceptors (Lipinski definition) is 3. The summed E-state index contributed by atoms with van der Waals surface area (Å²) in [5.74, 6) is -0.248. The number of benzene rings is 2. The van der Waals surface area contributed by atoms with E-state index in [1.807, 2.05) is 24.3 Å². The van der Waals surface area contributed by atoms with E-state index in [1.54, 1.807) is 0 Å². The SMILES string of the molecule is CCN(CC)CCOC(=O)c1ccc2c(c1)c(C)c(C)n2Cc1ccccc1.